The smallest absolute Gasteiger partial charge is 0.327 e. The summed E-state index contributed by atoms with van der Waals surface area (Å²) >= 11 is 0. The van der Waals surface area contributed by atoms with E-state index in [1.54, 1.807) is 17.0 Å². The summed E-state index contributed by atoms with van der Waals surface area (Å²) in [5.41, 5.74) is 1.54. The molecule has 0 bridgehead atoms. The normalized spacial score (nSPS) is 24.2. The molecule has 2 atom stereocenters. The fourth-order valence-corrected chi connectivity index (χ4v) is 3.24. The fourth-order valence-electron chi connectivity index (χ4n) is 3.24. The van der Waals surface area contributed by atoms with Crippen LogP contribution in [0.5, 0.6) is 0 Å². The van der Waals surface area contributed by atoms with E-state index in [-0.39, 0.29) is 18.7 Å². The number of para-hydroxylation sites is 1. The number of nitrogens with zero attached hydrogens (tertiary/aromatic N) is 2. The molecule has 3 rings (SSSR count). The lowest BCUT2D eigenvalue weighted by atomic mass is 10.1. The summed E-state index contributed by atoms with van der Waals surface area (Å²) in [6.07, 6.45) is 1.93. The molecule has 2 aliphatic heterocycles. The molecule has 2 amide bonds. The summed E-state index contributed by atoms with van der Waals surface area (Å²) in [5.74, 6) is -1.00. The Balaban J connectivity index is 1.94. The molecule has 2 N–H and O–H groups in total. The van der Waals surface area contributed by atoms with E-state index in [1.165, 1.54) is 4.90 Å². The third-order valence-electron chi connectivity index (χ3n) is 4.30. The molecule has 0 spiro atoms. The first-order valence-electron chi connectivity index (χ1n) is 7.15. The number of rotatable bonds is 2. The number of carboxylic acids is 1. The van der Waals surface area contributed by atoms with Gasteiger partial charge in [-0.3, -0.25) is 4.90 Å². The molecule has 1 unspecified atom stereocenters. The Labute approximate surface area is 122 Å². The van der Waals surface area contributed by atoms with Crippen molar-refractivity contribution in [3.8, 4) is 0 Å². The third-order valence-corrected chi connectivity index (χ3v) is 4.30. The van der Waals surface area contributed by atoms with Crippen molar-refractivity contribution in [1.82, 2.24) is 4.90 Å². The lowest BCUT2D eigenvalue weighted by Gasteiger charge is -2.31. The number of aliphatic hydroxyl groups is 1. The monoisotopic (exact) mass is 290 g/mol. The second-order valence-electron chi connectivity index (χ2n) is 5.51. The van der Waals surface area contributed by atoms with Gasteiger partial charge in [0.05, 0.1) is 12.6 Å². The van der Waals surface area contributed by atoms with Crippen molar-refractivity contribution in [2.24, 2.45) is 0 Å². The average molecular weight is 290 g/mol. The van der Waals surface area contributed by atoms with Crippen molar-refractivity contribution in [2.45, 2.75) is 31.3 Å². The van der Waals surface area contributed by atoms with Gasteiger partial charge in [0.15, 0.2) is 0 Å². The number of fused-ring (bicyclic) bond motifs is 1. The van der Waals surface area contributed by atoms with E-state index < -0.39 is 12.0 Å². The van der Waals surface area contributed by atoms with Crippen LogP contribution in [0.25, 0.3) is 0 Å². The number of hydrogen-bond donors (Lipinski definition) is 2. The molecule has 0 aliphatic carbocycles. The predicted octanol–water partition coefficient (Wildman–Crippen LogP) is 1.08. The number of benzene rings is 1. The zero-order valence-corrected chi connectivity index (χ0v) is 11.6. The van der Waals surface area contributed by atoms with Gasteiger partial charge in [0.2, 0.25) is 0 Å². The van der Waals surface area contributed by atoms with Crippen molar-refractivity contribution in [1.29, 1.82) is 0 Å². The molecule has 2 aliphatic rings. The van der Waals surface area contributed by atoms with E-state index in [0.717, 1.165) is 18.4 Å². The van der Waals surface area contributed by atoms with Crippen molar-refractivity contribution < 1.29 is 19.8 Å². The van der Waals surface area contributed by atoms with Gasteiger partial charge in [-0.2, -0.15) is 0 Å². The van der Waals surface area contributed by atoms with Crippen LogP contribution in [0, 0.1) is 0 Å². The highest BCUT2D eigenvalue weighted by Gasteiger charge is 2.42. The molecule has 21 heavy (non-hydrogen) atoms. The second kappa shape index (κ2) is 5.37. The second-order valence-corrected chi connectivity index (χ2v) is 5.51. The van der Waals surface area contributed by atoms with Crippen molar-refractivity contribution in [3.63, 3.8) is 0 Å². The van der Waals surface area contributed by atoms with Crippen molar-refractivity contribution in [2.75, 3.05) is 18.1 Å². The van der Waals surface area contributed by atoms with Crippen LogP contribution in [-0.2, 0) is 11.2 Å². The summed E-state index contributed by atoms with van der Waals surface area (Å²) in [6.45, 7) is 0.480. The number of aliphatic carboxylic acids is 1. The maximum Gasteiger partial charge on any atom is 0.327 e. The molecule has 6 nitrogen and oxygen atoms in total. The maximum atomic E-state index is 12.8. The van der Waals surface area contributed by atoms with Crippen molar-refractivity contribution in [3.05, 3.63) is 29.8 Å². The summed E-state index contributed by atoms with van der Waals surface area (Å²) in [5, 5.41) is 18.8. The Bertz CT molecular complexity index is 575. The largest absolute Gasteiger partial charge is 0.480 e. The van der Waals surface area contributed by atoms with E-state index in [1.807, 2.05) is 12.1 Å². The molecular formula is C15H18N2O4. The van der Waals surface area contributed by atoms with Crippen LogP contribution in [0.1, 0.15) is 18.4 Å². The van der Waals surface area contributed by atoms with Gasteiger partial charge in [0.25, 0.3) is 0 Å². The van der Waals surface area contributed by atoms with Gasteiger partial charge in [-0.25, -0.2) is 9.59 Å². The summed E-state index contributed by atoms with van der Waals surface area (Å²) < 4.78 is 0. The number of urea groups is 1. The summed E-state index contributed by atoms with van der Waals surface area (Å²) in [6, 6.07) is 5.89. The molecule has 0 aromatic heterocycles. The first kappa shape index (κ1) is 13.9. The highest BCUT2D eigenvalue weighted by molar-refractivity contribution is 6.01. The van der Waals surface area contributed by atoms with E-state index in [9.17, 15) is 19.8 Å². The number of aliphatic hydroxyl groups excluding tert-OH is 1. The zero-order chi connectivity index (χ0) is 15.0. The lowest BCUT2D eigenvalue weighted by molar-refractivity contribution is -0.138. The van der Waals surface area contributed by atoms with E-state index in [2.05, 4.69) is 0 Å². The van der Waals surface area contributed by atoms with Crippen LogP contribution in [0.4, 0.5) is 10.5 Å². The van der Waals surface area contributed by atoms with E-state index >= 15 is 0 Å². The SMILES string of the molecule is O=C(O)[C@@H]1Cc2ccccc2N1C(=O)N1CCCC1CO. The Morgan fingerprint density at radius 3 is 2.76 bits per heavy atom. The van der Waals surface area contributed by atoms with Gasteiger partial charge in [0.1, 0.15) is 6.04 Å². The van der Waals surface area contributed by atoms with Gasteiger partial charge in [-0.15, -0.1) is 0 Å². The average Bonchev–Trinajstić information content (AvgIpc) is 3.10. The highest BCUT2D eigenvalue weighted by Crippen LogP contribution is 2.34. The number of amides is 2. The number of likely N-dealkylation sites (tertiary alicyclic amines) is 1. The minimum atomic E-state index is -1.00. The number of hydrogen-bond acceptors (Lipinski definition) is 3. The van der Waals surface area contributed by atoms with E-state index in [4.69, 9.17) is 0 Å². The zero-order valence-electron chi connectivity index (χ0n) is 11.6. The van der Waals surface area contributed by atoms with Gasteiger partial charge in [-0.1, -0.05) is 18.2 Å². The fraction of sp³-hybridized carbons (Fsp3) is 0.467. The van der Waals surface area contributed by atoms with Gasteiger partial charge in [-0.05, 0) is 24.5 Å². The first-order chi connectivity index (χ1) is 10.1. The van der Waals surface area contributed by atoms with Gasteiger partial charge < -0.3 is 15.1 Å². The number of anilines is 1. The van der Waals surface area contributed by atoms with Crippen LogP contribution in [-0.4, -0.2) is 52.3 Å². The highest BCUT2D eigenvalue weighted by atomic mass is 16.4. The van der Waals surface area contributed by atoms with Crippen molar-refractivity contribution >= 4 is 17.7 Å². The molecule has 0 saturated carbocycles. The standard InChI is InChI=1S/C15H18N2O4/c18-9-11-5-3-7-16(11)15(21)17-12-6-2-1-4-10(12)8-13(17)14(19)20/h1-2,4,6,11,13,18H,3,5,7-9H2,(H,19,20)/t11?,13-/m0/s1. The number of carbonyl (C=O) groups is 2. The topological polar surface area (TPSA) is 81.1 Å². The quantitative estimate of drug-likeness (QED) is 0.854. The maximum absolute atomic E-state index is 12.8. The van der Waals surface area contributed by atoms with Gasteiger partial charge in [0, 0.05) is 18.7 Å². The third kappa shape index (κ3) is 2.25. The van der Waals surface area contributed by atoms with E-state index in [0.29, 0.717) is 18.7 Å². The lowest BCUT2D eigenvalue weighted by Crippen LogP contribution is -2.51. The molecular weight excluding hydrogens is 272 g/mol. The molecule has 6 heteroatoms. The van der Waals surface area contributed by atoms with Crippen LogP contribution >= 0.6 is 0 Å². The Morgan fingerprint density at radius 1 is 1.29 bits per heavy atom. The summed E-state index contributed by atoms with van der Waals surface area (Å²) in [7, 11) is 0. The Hall–Kier alpha value is -2.08. The molecule has 1 aromatic carbocycles. The molecule has 1 fully saturated rings. The van der Waals surface area contributed by atoms with Gasteiger partial charge >= 0.3 is 12.0 Å². The molecule has 1 saturated heterocycles. The van der Waals surface area contributed by atoms with Crippen LogP contribution in [0.3, 0.4) is 0 Å². The number of carbonyl (C=O) groups excluding carboxylic acids is 1. The summed E-state index contributed by atoms with van der Waals surface area (Å²) in [4.78, 5) is 27.2. The molecule has 1 aromatic rings. The van der Waals surface area contributed by atoms with Crippen LogP contribution in [0.2, 0.25) is 0 Å². The minimum absolute atomic E-state index is 0.0844. The molecule has 0 radical (unpaired) electrons. The molecule has 2 heterocycles. The number of carboxylic acid groups (broad SMARTS) is 1. The molecule has 112 valence electrons. The van der Waals surface area contributed by atoms with Crippen LogP contribution in [0.15, 0.2) is 24.3 Å². The van der Waals surface area contributed by atoms with Crippen LogP contribution < -0.4 is 4.90 Å². The first-order valence-corrected chi connectivity index (χ1v) is 7.15. The Kier molecular flexibility index (Phi) is 3.55. The predicted molar refractivity (Wildman–Crippen MR) is 76.3 cm³/mol. The minimum Gasteiger partial charge on any atom is -0.480 e. The Morgan fingerprint density at radius 2 is 2.05 bits per heavy atom.